The van der Waals surface area contributed by atoms with Crippen LogP contribution in [0.5, 0.6) is 0 Å². The number of anilines is 2. The van der Waals surface area contributed by atoms with Crippen molar-refractivity contribution in [2.75, 3.05) is 24.1 Å². The first-order chi connectivity index (χ1) is 14.6. The zero-order chi connectivity index (χ0) is 24.5. The zero-order valence-electron chi connectivity index (χ0n) is 17.0. The van der Waals surface area contributed by atoms with Gasteiger partial charge in [-0.15, -0.1) is 0 Å². The molecule has 174 valence electrons. The van der Waals surface area contributed by atoms with Gasteiger partial charge in [-0.2, -0.15) is 13.2 Å². The molecular weight excluding hydrogens is 475 g/mol. The fraction of sp³-hybridized carbons (Fsp3) is 0.263. The Kier molecular flexibility index (Phi) is 7.12. The average Bonchev–Trinajstić information content (AvgIpc) is 2.68. The number of alkyl halides is 3. The number of aliphatic hydroxyl groups is 1. The van der Waals surface area contributed by atoms with Gasteiger partial charge in [-0.1, -0.05) is 11.6 Å². The second-order valence-electron chi connectivity index (χ2n) is 7.05. The first-order valence-electron chi connectivity index (χ1n) is 8.81. The summed E-state index contributed by atoms with van der Waals surface area (Å²) in [5.41, 5.74) is -3.51. The molecule has 2 rings (SSSR count). The third-order valence-electron chi connectivity index (χ3n) is 4.28. The summed E-state index contributed by atoms with van der Waals surface area (Å²) in [6.45, 7) is 0.274. The van der Waals surface area contributed by atoms with E-state index >= 15 is 0 Å². The number of rotatable bonds is 6. The van der Waals surface area contributed by atoms with Crippen LogP contribution in [0.3, 0.4) is 0 Å². The van der Waals surface area contributed by atoms with E-state index in [4.69, 9.17) is 11.6 Å². The van der Waals surface area contributed by atoms with Gasteiger partial charge in [0.2, 0.25) is 5.60 Å². The summed E-state index contributed by atoms with van der Waals surface area (Å²) < 4.78 is 65.8. The van der Waals surface area contributed by atoms with Gasteiger partial charge < -0.3 is 15.3 Å². The maximum Gasteiger partial charge on any atom is 0.426 e. The minimum atomic E-state index is -5.23. The van der Waals surface area contributed by atoms with Crippen LogP contribution < -0.4 is 10.0 Å². The fourth-order valence-corrected chi connectivity index (χ4v) is 3.67. The quantitative estimate of drug-likeness (QED) is 0.572. The third-order valence-corrected chi connectivity index (χ3v) is 5.98. The van der Waals surface area contributed by atoms with Crippen LogP contribution in [0, 0.1) is 0 Å². The second-order valence-corrected chi connectivity index (χ2v) is 9.14. The monoisotopic (exact) mass is 493 g/mol. The van der Waals surface area contributed by atoms with Crippen LogP contribution >= 0.6 is 11.6 Å². The lowest BCUT2D eigenvalue weighted by atomic mass is 10.1. The maximum absolute atomic E-state index is 12.8. The SMILES string of the molecule is CN(C)C(=O)c1ccc(NS(=O)(=O)c2ccc(NC(=O)[C@@](C)(O)C(F)(F)F)c(Cl)c2)cc1. The summed E-state index contributed by atoms with van der Waals surface area (Å²) in [5, 5.41) is 10.8. The van der Waals surface area contributed by atoms with Gasteiger partial charge in [0.15, 0.2) is 0 Å². The average molecular weight is 494 g/mol. The Bertz CT molecular complexity index is 1130. The van der Waals surface area contributed by atoms with Gasteiger partial charge >= 0.3 is 6.18 Å². The number of halogens is 4. The zero-order valence-corrected chi connectivity index (χ0v) is 18.6. The number of carbonyl (C=O) groups is 2. The molecule has 0 aliphatic rings. The minimum absolute atomic E-state index is 0.148. The Balaban J connectivity index is 2.21. The highest BCUT2D eigenvalue weighted by molar-refractivity contribution is 7.92. The Morgan fingerprint density at radius 2 is 1.62 bits per heavy atom. The molecule has 0 spiro atoms. The van der Waals surface area contributed by atoms with E-state index in [1.165, 1.54) is 29.2 Å². The van der Waals surface area contributed by atoms with Crippen LogP contribution in [0.4, 0.5) is 24.5 Å². The molecule has 1 atom stereocenters. The Morgan fingerprint density at radius 3 is 2.09 bits per heavy atom. The lowest BCUT2D eigenvalue weighted by Crippen LogP contribution is -2.52. The van der Waals surface area contributed by atoms with Gasteiger partial charge in [-0.25, -0.2) is 8.42 Å². The van der Waals surface area contributed by atoms with Crippen molar-refractivity contribution in [3.05, 3.63) is 53.1 Å². The molecule has 2 amide bonds. The molecule has 0 fully saturated rings. The number of carbonyl (C=O) groups excluding carboxylic acids is 2. The van der Waals surface area contributed by atoms with Crippen molar-refractivity contribution in [2.24, 2.45) is 0 Å². The molecule has 2 aromatic carbocycles. The van der Waals surface area contributed by atoms with Crippen LogP contribution in [0.2, 0.25) is 5.02 Å². The lowest BCUT2D eigenvalue weighted by molar-refractivity contribution is -0.242. The highest BCUT2D eigenvalue weighted by Crippen LogP contribution is 2.33. The van der Waals surface area contributed by atoms with Crippen LogP contribution in [-0.4, -0.2) is 56.1 Å². The Morgan fingerprint density at radius 1 is 1.06 bits per heavy atom. The molecular formula is C19H19ClF3N3O5S. The normalized spacial score (nSPS) is 13.8. The number of amides is 2. The van der Waals surface area contributed by atoms with Crippen LogP contribution in [0.15, 0.2) is 47.4 Å². The van der Waals surface area contributed by atoms with Crippen molar-refractivity contribution >= 4 is 44.8 Å². The summed E-state index contributed by atoms with van der Waals surface area (Å²) in [6.07, 6.45) is -5.23. The molecule has 0 heterocycles. The molecule has 0 aliphatic heterocycles. The number of benzene rings is 2. The van der Waals surface area contributed by atoms with Crippen molar-refractivity contribution in [3.8, 4) is 0 Å². The predicted octanol–water partition coefficient (Wildman–Crippen LogP) is 3.09. The number of nitrogens with one attached hydrogen (secondary N) is 2. The van der Waals surface area contributed by atoms with Gasteiger partial charge in [-0.3, -0.25) is 14.3 Å². The van der Waals surface area contributed by atoms with Crippen molar-refractivity contribution in [1.29, 1.82) is 0 Å². The van der Waals surface area contributed by atoms with Crippen molar-refractivity contribution in [1.82, 2.24) is 4.90 Å². The van der Waals surface area contributed by atoms with E-state index in [0.29, 0.717) is 5.56 Å². The summed E-state index contributed by atoms with van der Waals surface area (Å²) in [5.74, 6) is -2.05. The Labute approximate surface area is 187 Å². The van der Waals surface area contributed by atoms with Gasteiger partial charge in [0, 0.05) is 25.3 Å². The second kappa shape index (κ2) is 8.96. The van der Waals surface area contributed by atoms with Crippen LogP contribution in [0.25, 0.3) is 0 Å². The topological polar surface area (TPSA) is 116 Å². The van der Waals surface area contributed by atoms with E-state index < -0.39 is 27.7 Å². The molecule has 2 aromatic rings. The first kappa shape index (κ1) is 25.4. The predicted molar refractivity (Wildman–Crippen MR) is 112 cm³/mol. The molecule has 0 aliphatic carbocycles. The van der Waals surface area contributed by atoms with Crippen LogP contribution in [0.1, 0.15) is 17.3 Å². The lowest BCUT2D eigenvalue weighted by Gasteiger charge is -2.25. The minimum Gasteiger partial charge on any atom is -0.373 e. The van der Waals surface area contributed by atoms with E-state index in [9.17, 15) is 36.3 Å². The molecule has 8 nitrogen and oxygen atoms in total. The van der Waals surface area contributed by atoms with Gasteiger partial charge in [-0.05, 0) is 49.4 Å². The molecule has 0 radical (unpaired) electrons. The largest absolute Gasteiger partial charge is 0.426 e. The van der Waals surface area contributed by atoms with Crippen molar-refractivity contribution in [2.45, 2.75) is 23.6 Å². The fourth-order valence-electron chi connectivity index (χ4n) is 2.29. The summed E-state index contributed by atoms with van der Waals surface area (Å²) >= 11 is 5.92. The van der Waals surface area contributed by atoms with E-state index in [2.05, 4.69) is 4.72 Å². The Hall–Kier alpha value is -2.83. The van der Waals surface area contributed by atoms with Crippen LogP contribution in [-0.2, 0) is 14.8 Å². The number of nitrogens with zero attached hydrogens (tertiary/aromatic N) is 1. The summed E-state index contributed by atoms with van der Waals surface area (Å²) in [7, 11) is -1.02. The molecule has 0 unspecified atom stereocenters. The number of hydrogen-bond donors (Lipinski definition) is 3. The third kappa shape index (κ3) is 5.50. The summed E-state index contributed by atoms with van der Waals surface area (Å²) in [6, 6.07) is 8.53. The highest BCUT2D eigenvalue weighted by Gasteiger charge is 2.55. The summed E-state index contributed by atoms with van der Waals surface area (Å²) in [4.78, 5) is 24.7. The number of sulfonamides is 1. The molecule has 32 heavy (non-hydrogen) atoms. The number of hydrogen-bond acceptors (Lipinski definition) is 5. The molecule has 0 bridgehead atoms. The smallest absolute Gasteiger partial charge is 0.373 e. The van der Waals surface area contributed by atoms with E-state index in [0.717, 1.165) is 18.2 Å². The first-order valence-corrected chi connectivity index (χ1v) is 10.7. The highest BCUT2D eigenvalue weighted by atomic mass is 35.5. The van der Waals surface area contributed by atoms with Gasteiger partial charge in [0.25, 0.3) is 21.8 Å². The molecule has 0 saturated carbocycles. The maximum atomic E-state index is 12.8. The van der Waals surface area contributed by atoms with E-state index in [1.54, 1.807) is 14.1 Å². The van der Waals surface area contributed by atoms with E-state index in [-0.39, 0.29) is 34.1 Å². The van der Waals surface area contributed by atoms with Gasteiger partial charge in [0.05, 0.1) is 15.6 Å². The molecule has 0 aromatic heterocycles. The molecule has 13 heteroatoms. The van der Waals surface area contributed by atoms with Gasteiger partial charge in [0.1, 0.15) is 0 Å². The molecule has 0 saturated heterocycles. The van der Waals surface area contributed by atoms with Crippen molar-refractivity contribution in [3.63, 3.8) is 0 Å². The standard InChI is InChI=1S/C19H19ClF3N3O5S/c1-18(29,19(21,22)23)17(28)24-15-9-8-13(10-14(15)20)32(30,31)25-12-6-4-11(5-7-12)16(27)26(2)3/h4-10,25,29H,1-3H3,(H,24,28)/t18-/m1/s1. The molecule has 3 N–H and O–H groups in total. The van der Waals surface area contributed by atoms with Crippen molar-refractivity contribution < 1.29 is 36.3 Å². The van der Waals surface area contributed by atoms with E-state index in [1.807, 2.05) is 5.32 Å².